The van der Waals surface area contributed by atoms with Crippen LogP contribution in [-0.4, -0.2) is 40.8 Å². The average Bonchev–Trinajstić information content (AvgIpc) is 2.41. The standard InChI is InChI=1S/C13H15N3O2S/c1-8-12(17)15-5-6-16(8)13(18)10-4-2-3-9(7-10)11(14)19/h2-4,7-8H,5-6H2,1H3,(H2,14,19)(H,15,17). The predicted octanol–water partition coefficient (Wildman–Crippen LogP) is 0.281. The fourth-order valence-electron chi connectivity index (χ4n) is 2.03. The number of thiocarbonyl (C=S) groups is 1. The van der Waals surface area contributed by atoms with Gasteiger partial charge in [0.25, 0.3) is 5.91 Å². The van der Waals surface area contributed by atoms with Gasteiger partial charge in [-0.15, -0.1) is 0 Å². The molecule has 0 aliphatic carbocycles. The van der Waals surface area contributed by atoms with E-state index in [2.05, 4.69) is 5.32 Å². The van der Waals surface area contributed by atoms with Crippen molar-refractivity contribution in [3.05, 3.63) is 35.4 Å². The largest absolute Gasteiger partial charge is 0.389 e. The zero-order chi connectivity index (χ0) is 14.0. The van der Waals surface area contributed by atoms with Crippen LogP contribution in [0.1, 0.15) is 22.8 Å². The molecule has 0 saturated carbocycles. The first-order chi connectivity index (χ1) is 9.00. The van der Waals surface area contributed by atoms with Crippen LogP contribution in [0, 0.1) is 0 Å². The number of rotatable bonds is 2. The third-order valence-electron chi connectivity index (χ3n) is 3.15. The molecule has 1 heterocycles. The number of nitrogens with two attached hydrogens (primary N) is 1. The fraction of sp³-hybridized carbons (Fsp3) is 0.308. The Kier molecular flexibility index (Phi) is 3.80. The number of nitrogens with zero attached hydrogens (tertiary/aromatic N) is 1. The van der Waals surface area contributed by atoms with Gasteiger partial charge < -0.3 is 16.0 Å². The first-order valence-electron chi connectivity index (χ1n) is 5.99. The van der Waals surface area contributed by atoms with Crippen molar-refractivity contribution in [2.45, 2.75) is 13.0 Å². The Morgan fingerprint density at radius 3 is 2.84 bits per heavy atom. The van der Waals surface area contributed by atoms with E-state index >= 15 is 0 Å². The minimum atomic E-state index is -0.463. The Morgan fingerprint density at radius 2 is 2.16 bits per heavy atom. The maximum Gasteiger partial charge on any atom is 0.254 e. The summed E-state index contributed by atoms with van der Waals surface area (Å²) in [5.74, 6) is -0.314. The second-order valence-corrected chi connectivity index (χ2v) is 4.85. The summed E-state index contributed by atoms with van der Waals surface area (Å²) in [5, 5.41) is 2.72. The van der Waals surface area contributed by atoms with E-state index in [9.17, 15) is 9.59 Å². The van der Waals surface area contributed by atoms with Crippen LogP contribution in [0.5, 0.6) is 0 Å². The summed E-state index contributed by atoms with van der Waals surface area (Å²) >= 11 is 4.90. The normalized spacial score (nSPS) is 18.9. The molecule has 1 fully saturated rings. The molecule has 1 unspecified atom stereocenters. The molecule has 0 bridgehead atoms. The van der Waals surface area contributed by atoms with E-state index in [1.807, 2.05) is 0 Å². The highest BCUT2D eigenvalue weighted by molar-refractivity contribution is 7.80. The van der Waals surface area contributed by atoms with Crippen molar-refractivity contribution < 1.29 is 9.59 Å². The lowest BCUT2D eigenvalue weighted by molar-refractivity contribution is -0.127. The molecule has 0 radical (unpaired) electrons. The zero-order valence-corrected chi connectivity index (χ0v) is 11.4. The number of hydrogen-bond acceptors (Lipinski definition) is 3. The van der Waals surface area contributed by atoms with Gasteiger partial charge >= 0.3 is 0 Å². The van der Waals surface area contributed by atoms with E-state index in [-0.39, 0.29) is 16.8 Å². The molecule has 1 aliphatic heterocycles. The Bertz CT molecular complexity index is 544. The minimum Gasteiger partial charge on any atom is -0.389 e. The summed E-state index contributed by atoms with van der Waals surface area (Å²) in [7, 11) is 0. The monoisotopic (exact) mass is 277 g/mol. The zero-order valence-electron chi connectivity index (χ0n) is 10.6. The summed E-state index contributed by atoms with van der Waals surface area (Å²) in [4.78, 5) is 25.8. The highest BCUT2D eigenvalue weighted by Crippen LogP contribution is 2.12. The molecule has 1 aliphatic rings. The molecule has 0 aromatic heterocycles. The van der Waals surface area contributed by atoms with Crippen LogP contribution in [0.3, 0.4) is 0 Å². The van der Waals surface area contributed by atoms with E-state index in [1.165, 1.54) is 0 Å². The van der Waals surface area contributed by atoms with E-state index in [1.54, 1.807) is 36.1 Å². The highest BCUT2D eigenvalue weighted by Gasteiger charge is 2.29. The van der Waals surface area contributed by atoms with Crippen molar-refractivity contribution in [2.24, 2.45) is 5.73 Å². The lowest BCUT2D eigenvalue weighted by Gasteiger charge is -2.32. The number of carbonyl (C=O) groups excluding carboxylic acids is 2. The number of carbonyl (C=O) groups is 2. The van der Waals surface area contributed by atoms with E-state index in [0.717, 1.165) is 0 Å². The first-order valence-corrected chi connectivity index (χ1v) is 6.40. The minimum absolute atomic E-state index is 0.134. The topological polar surface area (TPSA) is 75.4 Å². The molecular formula is C13H15N3O2S. The summed E-state index contributed by atoms with van der Waals surface area (Å²) < 4.78 is 0. The molecule has 0 spiro atoms. The molecule has 1 atom stereocenters. The first kappa shape index (κ1) is 13.5. The van der Waals surface area contributed by atoms with Gasteiger partial charge in [0, 0.05) is 24.2 Å². The maximum atomic E-state index is 12.4. The van der Waals surface area contributed by atoms with Gasteiger partial charge in [0.2, 0.25) is 5.91 Å². The number of hydrogen-bond donors (Lipinski definition) is 2. The van der Waals surface area contributed by atoms with Crippen molar-refractivity contribution in [2.75, 3.05) is 13.1 Å². The third-order valence-corrected chi connectivity index (χ3v) is 3.39. The highest BCUT2D eigenvalue weighted by atomic mass is 32.1. The third kappa shape index (κ3) is 2.73. The predicted molar refractivity (Wildman–Crippen MR) is 75.8 cm³/mol. The summed E-state index contributed by atoms with van der Waals surface area (Å²) in [5.41, 5.74) is 6.69. The SMILES string of the molecule is CC1C(=O)NCCN1C(=O)c1cccc(C(N)=S)c1. The van der Waals surface area contributed by atoms with Crippen LogP contribution in [0.2, 0.25) is 0 Å². The van der Waals surface area contributed by atoms with Crippen LogP contribution < -0.4 is 11.1 Å². The number of amides is 2. The van der Waals surface area contributed by atoms with Crippen molar-refractivity contribution in [3.8, 4) is 0 Å². The molecule has 5 nitrogen and oxygen atoms in total. The average molecular weight is 277 g/mol. The molecule has 100 valence electrons. The maximum absolute atomic E-state index is 12.4. The lowest BCUT2D eigenvalue weighted by atomic mass is 10.1. The fourth-order valence-corrected chi connectivity index (χ4v) is 2.16. The Balaban J connectivity index is 2.26. The molecule has 2 amide bonds. The Hall–Kier alpha value is -1.95. The van der Waals surface area contributed by atoms with Crippen LogP contribution in [0.15, 0.2) is 24.3 Å². The number of nitrogens with one attached hydrogen (secondary N) is 1. The lowest BCUT2D eigenvalue weighted by Crippen LogP contribution is -2.55. The molecular weight excluding hydrogens is 262 g/mol. The van der Waals surface area contributed by atoms with Crippen LogP contribution in [-0.2, 0) is 4.79 Å². The van der Waals surface area contributed by atoms with Crippen LogP contribution >= 0.6 is 12.2 Å². The van der Waals surface area contributed by atoms with Crippen molar-refractivity contribution >= 4 is 29.0 Å². The second-order valence-electron chi connectivity index (χ2n) is 4.41. The van der Waals surface area contributed by atoms with Gasteiger partial charge in [0.05, 0.1) is 0 Å². The second kappa shape index (κ2) is 5.36. The van der Waals surface area contributed by atoms with Crippen molar-refractivity contribution in [3.63, 3.8) is 0 Å². The molecule has 1 aromatic carbocycles. The van der Waals surface area contributed by atoms with Crippen molar-refractivity contribution in [1.29, 1.82) is 0 Å². The van der Waals surface area contributed by atoms with Gasteiger partial charge in [0.15, 0.2) is 0 Å². The quantitative estimate of drug-likeness (QED) is 0.762. The molecule has 19 heavy (non-hydrogen) atoms. The van der Waals surface area contributed by atoms with Crippen LogP contribution in [0.4, 0.5) is 0 Å². The summed E-state index contributed by atoms with van der Waals surface area (Å²) in [6.07, 6.45) is 0. The van der Waals surface area contributed by atoms with Gasteiger partial charge in [-0.3, -0.25) is 9.59 Å². The van der Waals surface area contributed by atoms with Gasteiger partial charge in [-0.25, -0.2) is 0 Å². The molecule has 6 heteroatoms. The van der Waals surface area contributed by atoms with Gasteiger partial charge in [-0.2, -0.15) is 0 Å². The van der Waals surface area contributed by atoms with E-state index in [0.29, 0.717) is 24.2 Å². The Labute approximate surface area is 116 Å². The van der Waals surface area contributed by atoms with E-state index < -0.39 is 6.04 Å². The van der Waals surface area contributed by atoms with Crippen molar-refractivity contribution in [1.82, 2.24) is 10.2 Å². The smallest absolute Gasteiger partial charge is 0.254 e. The molecule has 3 N–H and O–H groups in total. The van der Waals surface area contributed by atoms with Crippen LogP contribution in [0.25, 0.3) is 0 Å². The van der Waals surface area contributed by atoms with Gasteiger partial charge in [-0.05, 0) is 19.1 Å². The Morgan fingerprint density at radius 1 is 1.47 bits per heavy atom. The van der Waals surface area contributed by atoms with Gasteiger partial charge in [0.1, 0.15) is 11.0 Å². The van der Waals surface area contributed by atoms with Gasteiger partial charge in [-0.1, -0.05) is 24.4 Å². The number of benzene rings is 1. The van der Waals surface area contributed by atoms with E-state index in [4.69, 9.17) is 18.0 Å². The number of piperazine rings is 1. The summed E-state index contributed by atoms with van der Waals surface area (Å²) in [6.45, 7) is 2.69. The molecule has 1 saturated heterocycles. The summed E-state index contributed by atoms with van der Waals surface area (Å²) in [6, 6.07) is 6.38. The molecule has 1 aromatic rings. The molecule has 2 rings (SSSR count).